The van der Waals surface area contributed by atoms with E-state index in [-0.39, 0.29) is 5.91 Å². The van der Waals surface area contributed by atoms with E-state index >= 15 is 0 Å². The van der Waals surface area contributed by atoms with E-state index in [1.807, 2.05) is 65.6 Å². The van der Waals surface area contributed by atoms with Gasteiger partial charge in [0.1, 0.15) is 6.04 Å². The van der Waals surface area contributed by atoms with Crippen molar-refractivity contribution in [2.75, 3.05) is 10.2 Å². The van der Waals surface area contributed by atoms with Crippen LogP contribution in [0.1, 0.15) is 27.9 Å². The Morgan fingerprint density at radius 1 is 1.12 bits per heavy atom. The molecule has 0 spiro atoms. The van der Waals surface area contributed by atoms with Crippen molar-refractivity contribution in [1.82, 2.24) is 4.98 Å². The summed E-state index contributed by atoms with van der Waals surface area (Å²) in [5, 5.41) is 12.7. The minimum Gasteiger partial charge on any atom is -0.480 e. The van der Waals surface area contributed by atoms with Crippen LogP contribution in [0.15, 0.2) is 66.7 Å². The molecule has 0 fully saturated rings. The Kier molecular flexibility index (Phi) is 5.70. The molecule has 33 heavy (non-hydrogen) atoms. The molecule has 5 rings (SSSR count). The molecule has 3 N–H and O–H groups in total. The highest BCUT2D eigenvalue weighted by Gasteiger charge is 2.31. The maximum atomic E-state index is 12.9. The second-order valence-corrected chi connectivity index (χ2v) is 9.75. The maximum absolute atomic E-state index is 12.9. The molecule has 3 aromatic carbocycles. The lowest BCUT2D eigenvalue weighted by Crippen LogP contribution is -2.44. The molecule has 1 aliphatic heterocycles. The topological polar surface area (TPSA) is 85.4 Å². The number of aromatic amines is 1. The highest BCUT2D eigenvalue weighted by Crippen LogP contribution is 2.33. The summed E-state index contributed by atoms with van der Waals surface area (Å²) in [6.45, 7) is 0.499. The minimum absolute atomic E-state index is 0.203. The Morgan fingerprint density at radius 3 is 2.73 bits per heavy atom. The van der Waals surface area contributed by atoms with Crippen molar-refractivity contribution in [3.8, 4) is 0 Å². The Bertz CT molecular complexity index is 1410. The normalized spacial score (nSPS) is 15.3. The molecular weight excluding hydrogens is 454 g/mol. The molecule has 6 nitrogen and oxygen atoms in total. The second kappa shape index (κ2) is 8.80. The summed E-state index contributed by atoms with van der Waals surface area (Å²) in [5.41, 5.74) is 5.08. The van der Waals surface area contributed by atoms with Crippen LogP contribution in [0.3, 0.4) is 0 Å². The molecule has 166 valence electrons. The molecule has 1 unspecified atom stereocenters. The number of thiazole rings is 1. The average molecular weight is 476 g/mol. The van der Waals surface area contributed by atoms with Crippen molar-refractivity contribution in [3.63, 3.8) is 0 Å². The van der Waals surface area contributed by atoms with Gasteiger partial charge in [-0.3, -0.25) is 4.79 Å². The number of hydrogen-bond donors (Lipinski definition) is 3. The van der Waals surface area contributed by atoms with E-state index < -0.39 is 12.0 Å². The molecule has 1 aromatic heterocycles. The zero-order valence-corrected chi connectivity index (χ0v) is 19.2. The number of hydrogen-bond acceptors (Lipinski definition) is 5. The van der Waals surface area contributed by atoms with Gasteiger partial charge in [-0.1, -0.05) is 30.3 Å². The summed E-state index contributed by atoms with van der Waals surface area (Å²) >= 11 is 6.65. The van der Waals surface area contributed by atoms with Crippen molar-refractivity contribution in [2.24, 2.45) is 0 Å². The van der Waals surface area contributed by atoms with Gasteiger partial charge >= 0.3 is 5.97 Å². The Morgan fingerprint density at radius 2 is 1.94 bits per heavy atom. The van der Waals surface area contributed by atoms with E-state index in [4.69, 9.17) is 12.2 Å². The lowest BCUT2D eigenvalue weighted by Gasteiger charge is -2.37. The molecule has 0 radical (unpaired) electrons. The Balaban J connectivity index is 1.41. The number of nitrogens with one attached hydrogen (secondary N) is 2. The molecule has 1 atom stereocenters. The number of anilines is 2. The first-order valence-electron chi connectivity index (χ1n) is 10.6. The number of carboxylic acids is 1. The third kappa shape index (κ3) is 4.40. The number of nitrogens with zero attached hydrogens (tertiary/aromatic N) is 1. The van der Waals surface area contributed by atoms with Gasteiger partial charge in [-0.2, -0.15) is 0 Å². The summed E-state index contributed by atoms with van der Waals surface area (Å²) in [7, 11) is 0. The van der Waals surface area contributed by atoms with Gasteiger partial charge in [0.2, 0.25) is 0 Å². The molecule has 4 aromatic rings. The van der Waals surface area contributed by atoms with E-state index in [9.17, 15) is 14.7 Å². The van der Waals surface area contributed by atoms with Crippen molar-refractivity contribution in [3.05, 3.63) is 87.4 Å². The minimum atomic E-state index is -0.832. The molecule has 8 heteroatoms. The molecule has 1 aliphatic rings. The number of amides is 1. The quantitative estimate of drug-likeness (QED) is 0.326. The molecule has 0 aliphatic carbocycles. The lowest BCUT2D eigenvalue weighted by molar-refractivity contribution is -0.138. The zero-order chi connectivity index (χ0) is 22.9. The number of fused-ring (bicyclic) bond motifs is 2. The average Bonchev–Trinajstić information content (AvgIpc) is 3.18. The van der Waals surface area contributed by atoms with Gasteiger partial charge in [-0.25, -0.2) is 4.79 Å². The predicted molar refractivity (Wildman–Crippen MR) is 134 cm³/mol. The number of rotatable bonds is 5. The van der Waals surface area contributed by atoms with Crippen LogP contribution in [0.25, 0.3) is 10.2 Å². The van der Waals surface area contributed by atoms with E-state index in [1.54, 1.807) is 6.07 Å². The van der Waals surface area contributed by atoms with Crippen LogP contribution in [-0.2, 0) is 17.8 Å². The van der Waals surface area contributed by atoms with Crippen LogP contribution in [0, 0.1) is 3.95 Å². The number of carbonyl (C=O) groups excluding carboxylic acids is 1. The summed E-state index contributed by atoms with van der Waals surface area (Å²) in [6.07, 6.45) is 1.10. The van der Waals surface area contributed by atoms with E-state index in [0.717, 1.165) is 27.0 Å². The van der Waals surface area contributed by atoms with Crippen LogP contribution in [-0.4, -0.2) is 28.0 Å². The fourth-order valence-electron chi connectivity index (χ4n) is 4.28. The van der Waals surface area contributed by atoms with Crippen LogP contribution in [0.2, 0.25) is 0 Å². The van der Waals surface area contributed by atoms with E-state index in [1.165, 1.54) is 11.3 Å². The summed E-state index contributed by atoms with van der Waals surface area (Å²) < 4.78 is 1.68. The van der Waals surface area contributed by atoms with E-state index in [2.05, 4.69) is 10.3 Å². The van der Waals surface area contributed by atoms with Crippen molar-refractivity contribution in [1.29, 1.82) is 0 Å². The first-order valence-corrected chi connectivity index (χ1v) is 11.8. The monoisotopic (exact) mass is 475 g/mol. The highest BCUT2D eigenvalue weighted by atomic mass is 32.1. The number of H-pyrrole nitrogens is 1. The highest BCUT2D eigenvalue weighted by molar-refractivity contribution is 7.73. The standard InChI is InChI=1S/C25H21N3O3S2/c29-23(26-18-8-9-19-22(13-18)33-25(32)27-19)17-7-10-20-16(12-17)6-11-21(24(30)31)28(20)14-15-4-2-1-3-5-15/h1-5,7-10,12-13,21H,6,11,14H2,(H,26,29)(H,27,32)(H,30,31). The van der Waals surface area contributed by atoms with Gasteiger partial charge in [0.15, 0.2) is 3.95 Å². The van der Waals surface area contributed by atoms with Crippen LogP contribution < -0.4 is 10.2 Å². The van der Waals surface area contributed by atoms with Gasteiger partial charge in [0, 0.05) is 23.5 Å². The third-order valence-electron chi connectivity index (χ3n) is 5.87. The second-order valence-electron chi connectivity index (χ2n) is 8.03. The number of aryl methyl sites for hydroxylation is 1. The van der Waals surface area contributed by atoms with Crippen LogP contribution in [0.5, 0.6) is 0 Å². The molecule has 0 saturated carbocycles. The van der Waals surface area contributed by atoms with Crippen molar-refractivity contribution < 1.29 is 14.7 Å². The first kappa shape index (κ1) is 21.4. The van der Waals surface area contributed by atoms with Gasteiger partial charge in [-0.05, 0) is 72.6 Å². The smallest absolute Gasteiger partial charge is 0.326 e. The molecule has 2 heterocycles. The summed E-state index contributed by atoms with van der Waals surface area (Å²) in [5.74, 6) is -1.03. The largest absolute Gasteiger partial charge is 0.480 e. The number of benzene rings is 3. The van der Waals surface area contributed by atoms with E-state index in [0.29, 0.717) is 34.6 Å². The zero-order valence-electron chi connectivity index (χ0n) is 17.6. The lowest BCUT2D eigenvalue weighted by atomic mass is 9.93. The fraction of sp³-hybridized carbons (Fsp3) is 0.160. The van der Waals surface area contributed by atoms with Gasteiger partial charge in [0.25, 0.3) is 5.91 Å². The fourth-order valence-corrected chi connectivity index (χ4v) is 5.44. The molecule has 1 amide bonds. The first-order chi connectivity index (χ1) is 16.0. The van der Waals surface area contributed by atoms with Crippen molar-refractivity contribution in [2.45, 2.75) is 25.4 Å². The number of carbonyl (C=O) groups is 2. The molecule has 0 saturated heterocycles. The molecule has 0 bridgehead atoms. The predicted octanol–water partition coefficient (Wildman–Crippen LogP) is 5.62. The number of aromatic nitrogens is 1. The SMILES string of the molecule is O=C(Nc1ccc2[nH]c(=S)sc2c1)c1ccc2c(c1)CCC(C(=O)O)N2Cc1ccccc1. The number of aliphatic carboxylic acids is 1. The van der Waals surface area contributed by atoms with Gasteiger partial charge < -0.3 is 20.3 Å². The van der Waals surface area contributed by atoms with Crippen LogP contribution in [0.4, 0.5) is 11.4 Å². The van der Waals surface area contributed by atoms with Gasteiger partial charge in [-0.15, -0.1) is 11.3 Å². The molecular formula is C25H21N3O3S2. The summed E-state index contributed by atoms with van der Waals surface area (Å²) in [6, 6.07) is 20.4. The van der Waals surface area contributed by atoms with Crippen molar-refractivity contribution >= 4 is 57.0 Å². The Labute approximate surface area is 199 Å². The van der Waals surface area contributed by atoms with Crippen LogP contribution >= 0.6 is 23.6 Å². The van der Waals surface area contributed by atoms with Gasteiger partial charge in [0.05, 0.1) is 10.2 Å². The Hall–Kier alpha value is -3.49. The summed E-state index contributed by atoms with van der Waals surface area (Å²) in [4.78, 5) is 29.9. The third-order valence-corrected chi connectivity index (χ3v) is 7.07. The number of carboxylic acid groups (broad SMARTS) is 1. The maximum Gasteiger partial charge on any atom is 0.326 e.